The van der Waals surface area contributed by atoms with Crippen LogP contribution in [0.1, 0.15) is 90.9 Å². The second kappa shape index (κ2) is 11.1. The van der Waals surface area contributed by atoms with E-state index in [0.29, 0.717) is 36.4 Å². The van der Waals surface area contributed by atoms with Crippen LogP contribution in [0.4, 0.5) is 0 Å². The number of rotatable bonds is 4. The number of aliphatic hydroxyl groups excluding tert-OH is 4. The van der Waals surface area contributed by atoms with E-state index in [9.17, 15) is 10.2 Å². The molecule has 0 atom stereocenters. The Morgan fingerprint density at radius 3 is 1.44 bits per heavy atom. The molecule has 0 bridgehead atoms. The Labute approximate surface area is 166 Å². The van der Waals surface area contributed by atoms with Crippen LogP contribution in [0.15, 0.2) is 0 Å². The highest BCUT2D eigenvalue weighted by atomic mass is 16.3. The van der Waals surface area contributed by atoms with E-state index in [0.717, 1.165) is 57.3 Å². The van der Waals surface area contributed by atoms with Crippen LogP contribution in [-0.4, -0.2) is 45.8 Å². The minimum atomic E-state index is -0.0592. The molecule has 0 aromatic carbocycles. The van der Waals surface area contributed by atoms with E-state index in [-0.39, 0.29) is 12.2 Å². The molecule has 3 rings (SSSR count). The van der Waals surface area contributed by atoms with Gasteiger partial charge in [-0.2, -0.15) is 0 Å². The van der Waals surface area contributed by atoms with Gasteiger partial charge in [0.05, 0.1) is 12.2 Å². The summed E-state index contributed by atoms with van der Waals surface area (Å²) in [4.78, 5) is 0. The molecule has 0 unspecified atom stereocenters. The lowest BCUT2D eigenvalue weighted by atomic mass is 9.56. The highest BCUT2D eigenvalue weighted by molar-refractivity contribution is 4.95. The van der Waals surface area contributed by atoms with Gasteiger partial charge in [0.1, 0.15) is 0 Å². The van der Waals surface area contributed by atoms with Gasteiger partial charge >= 0.3 is 0 Å². The van der Waals surface area contributed by atoms with Gasteiger partial charge in [0.25, 0.3) is 0 Å². The normalized spacial score (nSPS) is 40.3. The molecule has 160 valence electrons. The zero-order chi connectivity index (χ0) is 19.9. The molecular formula is C23H44O4. The molecular weight excluding hydrogens is 340 g/mol. The van der Waals surface area contributed by atoms with Crippen LogP contribution in [0.3, 0.4) is 0 Å². The minimum absolute atomic E-state index is 0.0513. The summed E-state index contributed by atoms with van der Waals surface area (Å²) in [6.45, 7) is 5.36. The van der Waals surface area contributed by atoms with E-state index < -0.39 is 0 Å². The first kappa shape index (κ1) is 23.1. The zero-order valence-electron chi connectivity index (χ0n) is 17.7. The van der Waals surface area contributed by atoms with Crippen molar-refractivity contribution in [3.8, 4) is 0 Å². The van der Waals surface area contributed by atoms with Crippen molar-refractivity contribution < 1.29 is 20.4 Å². The molecule has 27 heavy (non-hydrogen) atoms. The molecule has 3 saturated carbocycles. The third kappa shape index (κ3) is 6.42. The van der Waals surface area contributed by atoms with Gasteiger partial charge in [-0.25, -0.2) is 0 Å². The fourth-order valence-electron chi connectivity index (χ4n) is 5.84. The highest BCUT2D eigenvalue weighted by Gasteiger charge is 2.44. The van der Waals surface area contributed by atoms with Crippen LogP contribution in [0.5, 0.6) is 0 Å². The van der Waals surface area contributed by atoms with Gasteiger partial charge in [-0.3, -0.25) is 0 Å². The average Bonchev–Trinajstić information content (AvgIpc) is 2.70. The second-order valence-electron chi connectivity index (χ2n) is 9.88. The summed E-state index contributed by atoms with van der Waals surface area (Å²) in [7, 11) is 0. The van der Waals surface area contributed by atoms with Crippen LogP contribution >= 0.6 is 0 Å². The molecule has 0 radical (unpaired) electrons. The quantitative estimate of drug-likeness (QED) is 0.593. The van der Waals surface area contributed by atoms with Crippen LogP contribution in [0.25, 0.3) is 0 Å². The van der Waals surface area contributed by atoms with E-state index in [4.69, 9.17) is 10.2 Å². The van der Waals surface area contributed by atoms with Crippen molar-refractivity contribution in [2.24, 2.45) is 29.1 Å². The molecule has 4 heteroatoms. The lowest BCUT2D eigenvalue weighted by Gasteiger charge is -2.50. The Morgan fingerprint density at radius 1 is 0.667 bits per heavy atom. The third-order valence-electron chi connectivity index (χ3n) is 8.03. The first-order chi connectivity index (χ1) is 12.9. The van der Waals surface area contributed by atoms with Crippen LogP contribution in [-0.2, 0) is 0 Å². The molecule has 0 aliphatic heterocycles. The molecule has 0 heterocycles. The molecule has 3 aliphatic rings. The fourth-order valence-corrected chi connectivity index (χ4v) is 5.84. The Kier molecular flexibility index (Phi) is 9.54. The first-order valence-electron chi connectivity index (χ1n) is 11.5. The molecule has 3 aliphatic carbocycles. The Morgan fingerprint density at radius 2 is 1.07 bits per heavy atom. The third-order valence-corrected chi connectivity index (χ3v) is 8.03. The molecule has 0 amide bonds. The smallest absolute Gasteiger partial charge is 0.0540 e. The summed E-state index contributed by atoms with van der Waals surface area (Å²) >= 11 is 0. The topological polar surface area (TPSA) is 80.9 Å². The Balaban J connectivity index is 0.000000223. The SMILES string of the molecule is CC(C)C1(C2CCC(O)CC2)CCC(O)CC1.OCC1CCC(CO)CC1. The molecule has 0 aromatic heterocycles. The molecule has 4 N–H and O–H groups in total. The maximum absolute atomic E-state index is 9.72. The summed E-state index contributed by atoms with van der Waals surface area (Å²) in [5, 5.41) is 36.9. The molecule has 3 fully saturated rings. The summed E-state index contributed by atoms with van der Waals surface area (Å²) in [5.74, 6) is 2.51. The van der Waals surface area contributed by atoms with Gasteiger partial charge in [-0.1, -0.05) is 13.8 Å². The highest BCUT2D eigenvalue weighted by Crippen LogP contribution is 2.52. The first-order valence-corrected chi connectivity index (χ1v) is 11.5. The Bertz CT molecular complexity index is 375. The van der Waals surface area contributed by atoms with Crippen molar-refractivity contribution in [3.05, 3.63) is 0 Å². The van der Waals surface area contributed by atoms with E-state index in [1.807, 2.05) is 0 Å². The van der Waals surface area contributed by atoms with Gasteiger partial charge in [-0.05, 0) is 106 Å². The van der Waals surface area contributed by atoms with E-state index in [1.54, 1.807) is 0 Å². The van der Waals surface area contributed by atoms with Gasteiger partial charge < -0.3 is 20.4 Å². The summed E-state index contributed by atoms with van der Waals surface area (Å²) in [6, 6.07) is 0. The van der Waals surface area contributed by atoms with Gasteiger partial charge in [0.2, 0.25) is 0 Å². The van der Waals surface area contributed by atoms with Gasteiger partial charge in [0, 0.05) is 13.2 Å². The standard InChI is InChI=1S/C15H28O2.C8H16O2/c1-11(2)15(9-7-14(17)8-10-15)12-3-5-13(16)6-4-12;9-5-7-1-2-8(6-10)4-3-7/h11-14,16-17H,3-10H2,1-2H3;7-10H,1-6H2. The van der Waals surface area contributed by atoms with Crippen molar-refractivity contribution in [3.63, 3.8) is 0 Å². The van der Waals surface area contributed by atoms with E-state index >= 15 is 0 Å². The van der Waals surface area contributed by atoms with Crippen LogP contribution in [0, 0.1) is 29.1 Å². The van der Waals surface area contributed by atoms with E-state index in [2.05, 4.69) is 13.8 Å². The maximum Gasteiger partial charge on any atom is 0.0540 e. The van der Waals surface area contributed by atoms with Crippen molar-refractivity contribution in [2.45, 2.75) is 103 Å². The average molecular weight is 385 g/mol. The number of hydrogen-bond acceptors (Lipinski definition) is 4. The summed E-state index contributed by atoms with van der Waals surface area (Å²) < 4.78 is 0. The molecule has 0 saturated heterocycles. The lowest BCUT2D eigenvalue weighted by molar-refractivity contribution is -0.0363. The predicted octanol–water partition coefficient (Wildman–Crippen LogP) is 3.89. The van der Waals surface area contributed by atoms with Gasteiger partial charge in [0.15, 0.2) is 0 Å². The monoisotopic (exact) mass is 384 g/mol. The predicted molar refractivity (Wildman–Crippen MR) is 109 cm³/mol. The number of aliphatic hydroxyl groups is 4. The Hall–Kier alpha value is -0.160. The van der Waals surface area contributed by atoms with Crippen LogP contribution < -0.4 is 0 Å². The van der Waals surface area contributed by atoms with Crippen molar-refractivity contribution in [2.75, 3.05) is 13.2 Å². The van der Waals surface area contributed by atoms with Crippen molar-refractivity contribution >= 4 is 0 Å². The lowest BCUT2D eigenvalue weighted by Crippen LogP contribution is -2.42. The summed E-state index contributed by atoms with van der Waals surface area (Å²) in [5.41, 5.74) is 0.444. The minimum Gasteiger partial charge on any atom is -0.396 e. The zero-order valence-corrected chi connectivity index (χ0v) is 17.7. The second-order valence-corrected chi connectivity index (χ2v) is 9.88. The maximum atomic E-state index is 9.72. The number of hydrogen-bond donors (Lipinski definition) is 4. The van der Waals surface area contributed by atoms with Crippen LogP contribution in [0.2, 0.25) is 0 Å². The fraction of sp³-hybridized carbons (Fsp3) is 1.00. The summed E-state index contributed by atoms with van der Waals surface area (Å²) in [6.07, 6.45) is 13.0. The van der Waals surface area contributed by atoms with E-state index in [1.165, 1.54) is 25.7 Å². The van der Waals surface area contributed by atoms with Crippen molar-refractivity contribution in [1.82, 2.24) is 0 Å². The van der Waals surface area contributed by atoms with Gasteiger partial charge in [-0.15, -0.1) is 0 Å². The molecule has 0 spiro atoms. The molecule has 4 nitrogen and oxygen atoms in total. The molecule has 0 aromatic rings. The largest absolute Gasteiger partial charge is 0.396 e. The van der Waals surface area contributed by atoms with Crippen molar-refractivity contribution in [1.29, 1.82) is 0 Å².